The van der Waals surface area contributed by atoms with Crippen LogP contribution >= 0.6 is 0 Å². The molecule has 158 valence electrons. The maximum absolute atomic E-state index is 10.7. The molecule has 1 unspecified atom stereocenters. The van der Waals surface area contributed by atoms with Crippen LogP contribution in [0.25, 0.3) is 0 Å². The van der Waals surface area contributed by atoms with Crippen molar-refractivity contribution in [3.05, 3.63) is 12.7 Å². The van der Waals surface area contributed by atoms with Gasteiger partial charge in [0, 0.05) is 12.8 Å². The zero-order chi connectivity index (χ0) is 20.4. The monoisotopic (exact) mass is 382 g/mol. The van der Waals surface area contributed by atoms with Crippen LogP contribution in [0.1, 0.15) is 111 Å². The van der Waals surface area contributed by atoms with E-state index < -0.39 is 0 Å². The molecule has 1 rings (SSSR count). The Kier molecular flexibility index (Phi) is 16.2. The molecule has 0 bridgehead atoms. The van der Waals surface area contributed by atoms with Gasteiger partial charge in [-0.3, -0.25) is 4.89 Å². The van der Waals surface area contributed by atoms with Crippen molar-refractivity contribution < 1.29 is 19.4 Å². The largest absolute Gasteiger partial charge is 0.339 e. The van der Waals surface area contributed by atoms with Gasteiger partial charge in [-0.05, 0) is 25.7 Å². The molecule has 0 aliphatic heterocycles. The van der Waals surface area contributed by atoms with Crippen LogP contribution in [0.5, 0.6) is 0 Å². The SMILES string of the molecule is C=CCC1(OOC(C)=O)CCCCC1.CCCCCCCCCC(C)C=O. The van der Waals surface area contributed by atoms with Crippen LogP contribution < -0.4 is 0 Å². The van der Waals surface area contributed by atoms with Gasteiger partial charge in [-0.25, -0.2) is 4.79 Å². The Balaban J connectivity index is 0.000000503. The van der Waals surface area contributed by atoms with Crippen LogP contribution in [0.4, 0.5) is 0 Å². The maximum Gasteiger partial charge on any atom is 0.339 e. The highest BCUT2D eigenvalue weighted by Gasteiger charge is 2.34. The van der Waals surface area contributed by atoms with Gasteiger partial charge in [0.1, 0.15) is 11.9 Å². The van der Waals surface area contributed by atoms with Crippen molar-refractivity contribution in [2.24, 2.45) is 5.92 Å². The van der Waals surface area contributed by atoms with E-state index in [0.29, 0.717) is 0 Å². The molecule has 0 aromatic heterocycles. The van der Waals surface area contributed by atoms with Gasteiger partial charge in [-0.1, -0.05) is 84.1 Å². The molecule has 0 spiro atoms. The highest BCUT2D eigenvalue weighted by molar-refractivity contribution is 5.65. The summed E-state index contributed by atoms with van der Waals surface area (Å²) in [5, 5.41) is 0. The van der Waals surface area contributed by atoms with E-state index in [-0.39, 0.29) is 17.5 Å². The van der Waals surface area contributed by atoms with Gasteiger partial charge in [-0.2, -0.15) is 4.89 Å². The number of hydrogen-bond acceptors (Lipinski definition) is 4. The predicted octanol–water partition coefficient (Wildman–Crippen LogP) is 6.72. The van der Waals surface area contributed by atoms with Gasteiger partial charge in [0.05, 0.1) is 0 Å². The first-order valence-electron chi connectivity index (χ1n) is 10.9. The summed E-state index contributed by atoms with van der Waals surface area (Å²) in [5.74, 6) is -0.116. The van der Waals surface area contributed by atoms with E-state index in [4.69, 9.17) is 4.89 Å². The Morgan fingerprint density at radius 3 is 2.19 bits per heavy atom. The second kappa shape index (κ2) is 17.0. The summed E-state index contributed by atoms with van der Waals surface area (Å²) in [6, 6.07) is 0. The Hall–Kier alpha value is -1.16. The van der Waals surface area contributed by atoms with Gasteiger partial charge >= 0.3 is 5.97 Å². The average Bonchev–Trinajstić information content (AvgIpc) is 2.67. The van der Waals surface area contributed by atoms with Gasteiger partial charge in [-0.15, -0.1) is 6.58 Å². The van der Waals surface area contributed by atoms with Crippen LogP contribution in [-0.2, 0) is 19.4 Å². The second-order valence-electron chi connectivity index (χ2n) is 7.92. The smallest absolute Gasteiger partial charge is 0.303 e. The fourth-order valence-electron chi connectivity index (χ4n) is 3.42. The molecule has 0 heterocycles. The molecular formula is C23H42O4. The first kappa shape index (κ1) is 25.8. The lowest BCUT2D eigenvalue weighted by Gasteiger charge is -2.33. The van der Waals surface area contributed by atoms with Crippen molar-refractivity contribution in [2.45, 2.75) is 116 Å². The molecule has 4 nitrogen and oxygen atoms in total. The lowest BCUT2D eigenvalue weighted by atomic mass is 9.82. The van der Waals surface area contributed by atoms with Crippen molar-refractivity contribution in [3.63, 3.8) is 0 Å². The van der Waals surface area contributed by atoms with E-state index in [1.165, 1.54) is 58.3 Å². The summed E-state index contributed by atoms with van der Waals surface area (Å²) in [5.41, 5.74) is -0.300. The fourth-order valence-corrected chi connectivity index (χ4v) is 3.42. The lowest BCUT2D eigenvalue weighted by Crippen LogP contribution is -2.35. The van der Waals surface area contributed by atoms with E-state index in [1.807, 2.05) is 13.0 Å². The summed E-state index contributed by atoms with van der Waals surface area (Å²) < 4.78 is 0. The molecule has 1 fully saturated rings. The van der Waals surface area contributed by atoms with Crippen LogP contribution in [0.15, 0.2) is 12.7 Å². The molecule has 27 heavy (non-hydrogen) atoms. The van der Waals surface area contributed by atoms with Crippen molar-refractivity contribution >= 4 is 12.3 Å². The van der Waals surface area contributed by atoms with Crippen LogP contribution in [0.2, 0.25) is 0 Å². The summed E-state index contributed by atoms with van der Waals surface area (Å²) in [6.45, 7) is 9.30. The first-order chi connectivity index (χ1) is 13.0. The summed E-state index contributed by atoms with van der Waals surface area (Å²) in [6.07, 6.45) is 19.5. The Morgan fingerprint density at radius 1 is 1.07 bits per heavy atom. The number of carbonyl (C=O) groups is 2. The quantitative estimate of drug-likeness (QED) is 0.117. The van der Waals surface area contributed by atoms with Crippen LogP contribution in [-0.4, -0.2) is 17.9 Å². The highest BCUT2D eigenvalue weighted by Crippen LogP contribution is 2.34. The van der Waals surface area contributed by atoms with E-state index in [9.17, 15) is 9.59 Å². The minimum Gasteiger partial charge on any atom is -0.303 e. The van der Waals surface area contributed by atoms with Gasteiger partial charge < -0.3 is 4.79 Å². The van der Waals surface area contributed by atoms with Crippen LogP contribution in [0.3, 0.4) is 0 Å². The lowest BCUT2D eigenvalue weighted by molar-refractivity contribution is -0.337. The number of carbonyl (C=O) groups excluding carboxylic acids is 2. The third-order valence-electron chi connectivity index (χ3n) is 5.11. The molecular weight excluding hydrogens is 340 g/mol. The first-order valence-corrected chi connectivity index (χ1v) is 10.9. The highest BCUT2D eigenvalue weighted by atomic mass is 17.2. The van der Waals surface area contributed by atoms with Gasteiger partial charge in [0.15, 0.2) is 0 Å². The zero-order valence-corrected chi connectivity index (χ0v) is 18.0. The summed E-state index contributed by atoms with van der Waals surface area (Å²) in [7, 11) is 0. The zero-order valence-electron chi connectivity index (χ0n) is 18.0. The van der Waals surface area contributed by atoms with Crippen molar-refractivity contribution in [2.75, 3.05) is 0 Å². The third kappa shape index (κ3) is 14.6. The molecule has 0 aromatic rings. The number of hydrogen-bond donors (Lipinski definition) is 0. The average molecular weight is 383 g/mol. The molecule has 1 saturated carbocycles. The molecule has 0 saturated heterocycles. The Bertz CT molecular complexity index is 386. The normalized spacial score (nSPS) is 16.6. The molecule has 0 radical (unpaired) electrons. The van der Waals surface area contributed by atoms with E-state index in [2.05, 4.69) is 18.4 Å². The van der Waals surface area contributed by atoms with Crippen molar-refractivity contribution in [3.8, 4) is 0 Å². The minimum atomic E-state index is -0.390. The topological polar surface area (TPSA) is 52.6 Å². The van der Waals surface area contributed by atoms with Gasteiger partial charge in [0.2, 0.25) is 0 Å². The summed E-state index contributed by atoms with van der Waals surface area (Å²) in [4.78, 5) is 30.9. The fraction of sp³-hybridized carbons (Fsp3) is 0.826. The van der Waals surface area contributed by atoms with Crippen LogP contribution in [0, 0.1) is 5.92 Å². The number of unbranched alkanes of at least 4 members (excludes halogenated alkanes) is 6. The maximum atomic E-state index is 10.7. The number of rotatable bonds is 13. The molecule has 1 atom stereocenters. The van der Waals surface area contributed by atoms with E-state index in [1.54, 1.807) is 0 Å². The Labute approximate surface area is 167 Å². The number of aldehydes is 1. The molecule has 0 amide bonds. The predicted molar refractivity (Wildman–Crippen MR) is 111 cm³/mol. The molecule has 4 heteroatoms. The minimum absolute atomic E-state index is 0.274. The van der Waals surface area contributed by atoms with Gasteiger partial charge in [0.25, 0.3) is 0 Å². The van der Waals surface area contributed by atoms with Crippen molar-refractivity contribution in [1.82, 2.24) is 0 Å². The molecule has 1 aliphatic rings. The molecule has 0 aromatic carbocycles. The molecule has 0 N–H and O–H groups in total. The standard InChI is InChI=1S/C12H24O.C11H18O3/c1-3-4-5-6-7-8-9-10-12(2)11-13;1-3-7-11(14-13-10(2)12)8-5-4-6-9-11/h11-12H,3-10H2,1-2H3;3H,1,4-9H2,2H3. The third-order valence-corrected chi connectivity index (χ3v) is 5.11. The Morgan fingerprint density at radius 2 is 1.67 bits per heavy atom. The van der Waals surface area contributed by atoms with E-state index in [0.717, 1.165) is 44.8 Å². The second-order valence-corrected chi connectivity index (χ2v) is 7.92. The van der Waals surface area contributed by atoms with Crippen molar-refractivity contribution in [1.29, 1.82) is 0 Å². The molecule has 1 aliphatic carbocycles. The van der Waals surface area contributed by atoms with E-state index >= 15 is 0 Å². The summed E-state index contributed by atoms with van der Waals surface area (Å²) >= 11 is 0.